The second kappa shape index (κ2) is 7.97. The third kappa shape index (κ3) is 4.04. The zero-order valence-corrected chi connectivity index (χ0v) is 16.4. The Hall–Kier alpha value is -1.59. The highest BCUT2D eigenvalue weighted by Gasteiger charge is 2.41. The molecule has 1 aromatic heterocycles. The van der Waals surface area contributed by atoms with Gasteiger partial charge in [-0.2, -0.15) is 0 Å². The molecule has 26 heavy (non-hydrogen) atoms. The van der Waals surface area contributed by atoms with E-state index < -0.39 is 0 Å². The number of hydrogen-bond acceptors (Lipinski definition) is 5. The first-order valence-electron chi connectivity index (χ1n) is 9.65. The Morgan fingerprint density at radius 1 is 1.08 bits per heavy atom. The van der Waals surface area contributed by atoms with E-state index >= 15 is 0 Å². The summed E-state index contributed by atoms with van der Waals surface area (Å²) in [7, 11) is 0. The average Bonchev–Trinajstić information content (AvgIpc) is 3.10. The van der Waals surface area contributed by atoms with Gasteiger partial charge in [-0.25, -0.2) is 9.97 Å². The summed E-state index contributed by atoms with van der Waals surface area (Å²) in [5.74, 6) is 1.10. The van der Waals surface area contributed by atoms with Crippen molar-refractivity contribution in [3.8, 4) is 0 Å². The van der Waals surface area contributed by atoms with E-state index in [-0.39, 0.29) is 0 Å². The molecule has 2 fully saturated rings. The summed E-state index contributed by atoms with van der Waals surface area (Å²) in [6.07, 6.45) is 9.05. The molecule has 5 heteroatoms. The number of anilines is 1. The van der Waals surface area contributed by atoms with E-state index in [1.54, 1.807) is 11.8 Å². The van der Waals surface area contributed by atoms with Gasteiger partial charge in [-0.05, 0) is 50.1 Å². The van der Waals surface area contributed by atoms with Crippen molar-refractivity contribution in [2.24, 2.45) is 5.41 Å². The van der Waals surface area contributed by atoms with E-state index in [0.717, 1.165) is 30.5 Å². The summed E-state index contributed by atoms with van der Waals surface area (Å²) in [5, 5.41) is 0.872. The number of hydrogen-bond donors (Lipinski definition) is 0. The summed E-state index contributed by atoms with van der Waals surface area (Å²) < 4.78 is 0. The van der Waals surface area contributed by atoms with Gasteiger partial charge in [0.05, 0.1) is 0 Å². The van der Waals surface area contributed by atoms with Crippen molar-refractivity contribution in [2.45, 2.75) is 30.8 Å². The predicted molar refractivity (Wildman–Crippen MR) is 109 cm³/mol. The van der Waals surface area contributed by atoms with Gasteiger partial charge < -0.3 is 9.80 Å². The first-order chi connectivity index (χ1) is 12.8. The Bertz CT molecular complexity index is 723. The van der Waals surface area contributed by atoms with E-state index in [0.29, 0.717) is 5.41 Å². The summed E-state index contributed by atoms with van der Waals surface area (Å²) in [4.78, 5) is 14.2. The van der Waals surface area contributed by atoms with E-state index in [4.69, 9.17) is 4.98 Å². The fourth-order valence-electron chi connectivity index (χ4n) is 4.50. The van der Waals surface area contributed by atoms with E-state index in [1.807, 2.05) is 12.5 Å². The molecule has 4 nitrogen and oxygen atoms in total. The highest BCUT2D eigenvalue weighted by atomic mass is 32.2. The van der Waals surface area contributed by atoms with Gasteiger partial charge in [0.15, 0.2) is 5.16 Å². The number of aromatic nitrogens is 2. The maximum atomic E-state index is 4.71. The van der Waals surface area contributed by atoms with Crippen LogP contribution < -0.4 is 4.90 Å². The van der Waals surface area contributed by atoms with Gasteiger partial charge in [-0.3, -0.25) is 0 Å². The van der Waals surface area contributed by atoms with Crippen LogP contribution in [0.15, 0.2) is 47.8 Å². The molecule has 2 aliphatic heterocycles. The van der Waals surface area contributed by atoms with Crippen LogP contribution in [0, 0.1) is 5.41 Å². The monoisotopic (exact) mass is 368 g/mol. The molecule has 0 aliphatic carbocycles. The van der Waals surface area contributed by atoms with Gasteiger partial charge in [-0.15, -0.1) is 0 Å². The Morgan fingerprint density at radius 2 is 1.96 bits per heavy atom. The van der Waals surface area contributed by atoms with Gasteiger partial charge in [0.1, 0.15) is 5.82 Å². The van der Waals surface area contributed by atoms with Gasteiger partial charge in [0.2, 0.25) is 0 Å². The van der Waals surface area contributed by atoms with E-state index in [2.05, 4.69) is 51.2 Å². The van der Waals surface area contributed by atoms with Crippen molar-refractivity contribution in [1.82, 2.24) is 14.9 Å². The number of piperidine rings is 1. The minimum atomic E-state index is 0.444. The highest BCUT2D eigenvalue weighted by molar-refractivity contribution is 7.98. The maximum Gasteiger partial charge on any atom is 0.189 e. The van der Waals surface area contributed by atoms with E-state index in [1.165, 1.54) is 44.5 Å². The quantitative estimate of drug-likeness (QED) is 0.593. The lowest BCUT2D eigenvalue weighted by molar-refractivity contribution is 0.106. The molecule has 2 aliphatic rings. The van der Waals surface area contributed by atoms with Crippen molar-refractivity contribution >= 4 is 17.6 Å². The van der Waals surface area contributed by atoms with Gasteiger partial charge in [0.25, 0.3) is 0 Å². The van der Waals surface area contributed by atoms with Gasteiger partial charge in [-0.1, -0.05) is 42.1 Å². The van der Waals surface area contributed by atoms with Crippen LogP contribution in [0.1, 0.15) is 24.8 Å². The van der Waals surface area contributed by atoms with Crippen molar-refractivity contribution < 1.29 is 0 Å². The number of benzene rings is 1. The molecule has 1 aromatic carbocycles. The molecule has 0 radical (unpaired) electrons. The molecule has 3 heterocycles. The van der Waals surface area contributed by atoms with Crippen molar-refractivity contribution in [2.75, 3.05) is 43.9 Å². The normalized spacial score (nSPS) is 23.7. The van der Waals surface area contributed by atoms with Gasteiger partial charge in [0, 0.05) is 37.8 Å². The molecular formula is C21H28N4S. The SMILES string of the molecule is CSc1nccc(N2CCC3(CCCN(CCc4ccccc4)C3)C2)n1. The van der Waals surface area contributed by atoms with Crippen molar-refractivity contribution in [1.29, 1.82) is 0 Å². The number of nitrogens with zero attached hydrogens (tertiary/aromatic N) is 4. The Balaban J connectivity index is 1.37. The molecule has 1 spiro atoms. The van der Waals surface area contributed by atoms with Crippen LogP contribution in [0.3, 0.4) is 0 Å². The molecule has 138 valence electrons. The van der Waals surface area contributed by atoms with Crippen LogP contribution in [0.25, 0.3) is 0 Å². The average molecular weight is 369 g/mol. The predicted octanol–water partition coefficient (Wildman–Crippen LogP) is 3.73. The first-order valence-corrected chi connectivity index (χ1v) is 10.9. The molecule has 0 saturated carbocycles. The van der Waals surface area contributed by atoms with E-state index in [9.17, 15) is 0 Å². The number of likely N-dealkylation sites (tertiary alicyclic amines) is 1. The molecule has 1 unspecified atom stereocenters. The zero-order valence-electron chi connectivity index (χ0n) is 15.6. The first kappa shape index (κ1) is 17.8. The van der Waals surface area contributed by atoms with Crippen molar-refractivity contribution in [3.05, 3.63) is 48.2 Å². The second-order valence-electron chi connectivity index (χ2n) is 7.69. The lowest BCUT2D eigenvalue weighted by Gasteiger charge is -2.40. The molecule has 0 amide bonds. The van der Waals surface area contributed by atoms with Crippen LogP contribution in [-0.4, -0.2) is 53.8 Å². The fraction of sp³-hybridized carbons (Fsp3) is 0.524. The second-order valence-corrected chi connectivity index (χ2v) is 8.46. The Labute approximate surface area is 161 Å². The van der Waals surface area contributed by atoms with Crippen LogP contribution >= 0.6 is 11.8 Å². The summed E-state index contributed by atoms with van der Waals surface area (Å²) in [6.45, 7) is 5.92. The summed E-state index contributed by atoms with van der Waals surface area (Å²) in [6, 6.07) is 12.9. The highest BCUT2D eigenvalue weighted by Crippen LogP contribution is 2.40. The third-order valence-electron chi connectivity index (χ3n) is 5.86. The minimum absolute atomic E-state index is 0.444. The third-order valence-corrected chi connectivity index (χ3v) is 6.43. The molecule has 1 atom stereocenters. The maximum absolute atomic E-state index is 4.71. The molecule has 4 rings (SSSR count). The van der Waals surface area contributed by atoms with Crippen LogP contribution in [0.4, 0.5) is 5.82 Å². The minimum Gasteiger partial charge on any atom is -0.356 e. The lowest BCUT2D eigenvalue weighted by atomic mass is 9.79. The van der Waals surface area contributed by atoms with Crippen molar-refractivity contribution in [3.63, 3.8) is 0 Å². The van der Waals surface area contributed by atoms with Crippen LogP contribution in [0.2, 0.25) is 0 Å². The largest absolute Gasteiger partial charge is 0.356 e. The topological polar surface area (TPSA) is 32.3 Å². The number of thioether (sulfide) groups is 1. The molecule has 2 saturated heterocycles. The van der Waals surface area contributed by atoms with Gasteiger partial charge >= 0.3 is 0 Å². The fourth-order valence-corrected chi connectivity index (χ4v) is 4.85. The van der Waals surface area contributed by atoms with Crippen LogP contribution in [0.5, 0.6) is 0 Å². The molecular weight excluding hydrogens is 340 g/mol. The standard InChI is InChI=1S/C21H28N4S/c1-26-20-22-12-8-19(23-20)25-15-11-21(17-25)10-5-13-24(16-21)14-9-18-6-3-2-4-7-18/h2-4,6-8,12H,5,9-11,13-17H2,1H3. The summed E-state index contributed by atoms with van der Waals surface area (Å²) >= 11 is 1.62. The lowest BCUT2D eigenvalue weighted by Crippen LogP contribution is -2.45. The smallest absolute Gasteiger partial charge is 0.189 e. The zero-order chi connectivity index (χ0) is 17.8. The Morgan fingerprint density at radius 3 is 2.81 bits per heavy atom. The molecule has 0 N–H and O–H groups in total. The van der Waals surface area contributed by atoms with Crippen LogP contribution in [-0.2, 0) is 6.42 Å². The molecule has 0 bridgehead atoms. The summed E-state index contributed by atoms with van der Waals surface area (Å²) in [5.41, 5.74) is 1.89. The number of rotatable bonds is 5. The Kier molecular flexibility index (Phi) is 5.46. The molecule has 2 aromatic rings.